The largest absolute Gasteiger partial charge is 0.315 e. The minimum Gasteiger partial charge on any atom is -0.315 e. The highest BCUT2D eigenvalue weighted by atomic mass is 35.5. The van der Waals surface area contributed by atoms with E-state index in [0.29, 0.717) is 26.2 Å². The number of aryl methyl sites for hydroxylation is 1. The topological polar surface area (TPSA) is 83.0 Å². The van der Waals surface area contributed by atoms with Gasteiger partial charge < -0.3 is 10.2 Å². The Bertz CT molecular complexity index is 1320. The molecule has 5 rings (SSSR count). The summed E-state index contributed by atoms with van der Waals surface area (Å²) in [4.78, 5) is 29.3. The summed E-state index contributed by atoms with van der Waals surface area (Å²) in [6.45, 7) is 7.01. The van der Waals surface area contributed by atoms with E-state index in [4.69, 9.17) is 28.2 Å². The van der Waals surface area contributed by atoms with Gasteiger partial charge in [-0.25, -0.2) is 19.9 Å². The molecule has 4 heterocycles. The molecule has 0 bridgehead atoms. The molecule has 0 amide bonds. The molecule has 1 aliphatic heterocycles. The molecule has 1 aliphatic rings. The summed E-state index contributed by atoms with van der Waals surface area (Å²) in [5.41, 5.74) is 2.59. The van der Waals surface area contributed by atoms with Crippen LogP contribution in [0.5, 0.6) is 0 Å². The summed E-state index contributed by atoms with van der Waals surface area (Å²) in [6, 6.07) is 7.35. The van der Waals surface area contributed by atoms with Gasteiger partial charge in [-0.15, -0.1) is 0 Å². The van der Waals surface area contributed by atoms with Gasteiger partial charge in [0.2, 0.25) is 0 Å². The first-order valence-corrected chi connectivity index (χ1v) is 13.7. The van der Waals surface area contributed by atoms with Crippen LogP contribution < -0.4 is 5.32 Å². The highest BCUT2D eigenvalue weighted by Crippen LogP contribution is 2.38. The van der Waals surface area contributed by atoms with Gasteiger partial charge in [0.05, 0.1) is 43.6 Å². The molecule has 0 saturated carbocycles. The first kappa shape index (κ1) is 25.3. The molecule has 0 aliphatic carbocycles. The maximum absolute atomic E-state index is 6.33. The van der Waals surface area contributed by atoms with E-state index in [9.17, 15) is 0 Å². The highest BCUT2D eigenvalue weighted by molar-refractivity contribution is 7.99. The third kappa shape index (κ3) is 6.31. The molecule has 186 valence electrons. The van der Waals surface area contributed by atoms with Crippen molar-refractivity contribution in [3.63, 3.8) is 0 Å². The summed E-state index contributed by atoms with van der Waals surface area (Å²) in [7, 11) is 2.15. The number of nitrogens with zero attached hydrogens (tertiary/aromatic N) is 7. The zero-order chi connectivity index (χ0) is 25.1. The van der Waals surface area contributed by atoms with Gasteiger partial charge in [-0.3, -0.25) is 9.88 Å². The average Bonchev–Trinajstić information content (AvgIpc) is 3.32. The molecule has 4 aromatic rings. The van der Waals surface area contributed by atoms with Crippen molar-refractivity contribution in [1.29, 1.82) is 0 Å². The lowest BCUT2D eigenvalue weighted by Crippen LogP contribution is -2.44. The molecule has 0 atom stereocenters. The zero-order valence-corrected chi connectivity index (χ0v) is 22.9. The Morgan fingerprint density at radius 2 is 1.78 bits per heavy atom. The summed E-state index contributed by atoms with van der Waals surface area (Å²) in [6.07, 6.45) is 5.37. The van der Waals surface area contributed by atoms with Crippen molar-refractivity contribution < 1.29 is 0 Å². The van der Waals surface area contributed by atoms with E-state index in [0.717, 1.165) is 59.6 Å². The van der Waals surface area contributed by atoms with Crippen LogP contribution in [0, 0.1) is 6.92 Å². The van der Waals surface area contributed by atoms with Gasteiger partial charge in [0.25, 0.3) is 0 Å². The Morgan fingerprint density at radius 3 is 2.50 bits per heavy atom. The molecule has 0 unspecified atom stereocenters. The van der Waals surface area contributed by atoms with Gasteiger partial charge in [-0.05, 0) is 43.9 Å². The van der Waals surface area contributed by atoms with Crippen LogP contribution in [-0.4, -0.2) is 67.9 Å². The molecule has 1 saturated heterocycles. The smallest absolute Gasteiger partial charge is 0.193 e. The summed E-state index contributed by atoms with van der Waals surface area (Å²) < 4.78 is 0. The Hall–Kier alpha value is -2.34. The van der Waals surface area contributed by atoms with Gasteiger partial charge in [0.15, 0.2) is 16.1 Å². The molecular weight excluding hydrogens is 535 g/mol. The van der Waals surface area contributed by atoms with Crippen LogP contribution in [-0.2, 0) is 6.54 Å². The number of thiazole rings is 1. The van der Waals surface area contributed by atoms with Crippen molar-refractivity contribution in [2.75, 3.05) is 38.5 Å². The van der Waals surface area contributed by atoms with Gasteiger partial charge in [-0.2, -0.15) is 0 Å². The van der Waals surface area contributed by atoms with E-state index >= 15 is 0 Å². The van der Waals surface area contributed by atoms with Crippen LogP contribution in [0.4, 0.5) is 10.9 Å². The van der Waals surface area contributed by atoms with Crippen molar-refractivity contribution in [1.82, 2.24) is 34.7 Å². The molecule has 8 nitrogen and oxygen atoms in total. The minimum absolute atomic E-state index is 0.569. The second kappa shape index (κ2) is 11.4. The molecule has 1 N–H and O–H groups in total. The predicted molar refractivity (Wildman–Crippen MR) is 147 cm³/mol. The number of piperazine rings is 1. The molecule has 3 aromatic heterocycles. The molecule has 12 heteroatoms. The quantitative estimate of drug-likeness (QED) is 0.289. The predicted octanol–water partition coefficient (Wildman–Crippen LogP) is 5.65. The maximum atomic E-state index is 6.33. The minimum atomic E-state index is 0.569. The lowest BCUT2D eigenvalue weighted by Gasteiger charge is -2.31. The van der Waals surface area contributed by atoms with Crippen molar-refractivity contribution in [3.8, 4) is 10.6 Å². The van der Waals surface area contributed by atoms with E-state index in [1.54, 1.807) is 24.5 Å². The third-order valence-electron chi connectivity index (χ3n) is 5.63. The van der Waals surface area contributed by atoms with E-state index in [-0.39, 0.29) is 0 Å². The van der Waals surface area contributed by atoms with Crippen LogP contribution in [0.25, 0.3) is 10.6 Å². The Labute approximate surface area is 228 Å². The lowest BCUT2D eigenvalue weighted by molar-refractivity contribution is 0.147. The average molecular weight is 560 g/mol. The van der Waals surface area contributed by atoms with Gasteiger partial charge >= 0.3 is 0 Å². The first-order valence-electron chi connectivity index (χ1n) is 11.4. The van der Waals surface area contributed by atoms with Crippen LogP contribution in [0.3, 0.4) is 0 Å². The number of hydrogen-bond acceptors (Lipinski definition) is 10. The van der Waals surface area contributed by atoms with Gasteiger partial charge in [0, 0.05) is 44.6 Å². The summed E-state index contributed by atoms with van der Waals surface area (Å²) in [5, 5.41) is 5.67. The SMILES string of the molecule is Cc1cc(-c2cnc(Nc3cnc(CN4CCN(C)CC4)cn3)s2)nc(Sc2c(Cl)cccc2Cl)n1. The third-order valence-corrected chi connectivity index (χ3v) is 8.42. The lowest BCUT2D eigenvalue weighted by atomic mass is 10.3. The highest BCUT2D eigenvalue weighted by Gasteiger charge is 2.16. The standard InChI is InChI=1S/C24H24Cl2N8S2/c1-15-10-19(31-24(30-15)36-22-17(25)4-3-5-18(22)26)20-12-29-23(35-20)32-21-13-27-16(11-28-21)14-34-8-6-33(2)7-9-34/h3-5,10-13H,6-9,14H2,1-2H3,(H,28,29,32). The van der Waals surface area contributed by atoms with Crippen LogP contribution in [0.15, 0.2) is 52.9 Å². The summed E-state index contributed by atoms with van der Waals surface area (Å²) in [5.74, 6) is 0.654. The van der Waals surface area contributed by atoms with Crippen molar-refractivity contribution >= 4 is 57.2 Å². The number of likely N-dealkylation sites (N-methyl/N-ethyl adjacent to an activating group) is 1. The fourth-order valence-electron chi connectivity index (χ4n) is 3.68. The first-order chi connectivity index (χ1) is 17.4. The maximum Gasteiger partial charge on any atom is 0.193 e. The summed E-state index contributed by atoms with van der Waals surface area (Å²) >= 11 is 15.5. The van der Waals surface area contributed by atoms with E-state index < -0.39 is 0 Å². The van der Waals surface area contributed by atoms with Crippen molar-refractivity contribution in [3.05, 3.63) is 64.3 Å². The number of rotatable bonds is 7. The molecule has 1 fully saturated rings. The number of halogens is 2. The molecule has 0 radical (unpaired) electrons. The van der Waals surface area contributed by atoms with Crippen molar-refractivity contribution in [2.45, 2.75) is 23.5 Å². The monoisotopic (exact) mass is 558 g/mol. The number of hydrogen-bond donors (Lipinski definition) is 1. The van der Waals surface area contributed by atoms with Gasteiger partial charge in [0.1, 0.15) is 0 Å². The number of aromatic nitrogens is 5. The second-order valence-corrected chi connectivity index (χ2v) is 11.3. The molecule has 0 spiro atoms. The van der Waals surface area contributed by atoms with E-state index in [1.165, 1.54) is 23.1 Å². The molecule has 36 heavy (non-hydrogen) atoms. The van der Waals surface area contributed by atoms with E-state index in [1.807, 2.05) is 25.3 Å². The fourth-order valence-corrected chi connectivity index (χ4v) is 5.94. The Kier molecular flexibility index (Phi) is 8.00. The Morgan fingerprint density at radius 1 is 1.00 bits per heavy atom. The van der Waals surface area contributed by atoms with E-state index in [2.05, 4.69) is 42.1 Å². The normalized spacial score (nSPS) is 14.8. The zero-order valence-electron chi connectivity index (χ0n) is 19.8. The molecule has 1 aromatic carbocycles. The second-order valence-electron chi connectivity index (χ2n) is 8.46. The van der Waals surface area contributed by atoms with Crippen LogP contribution >= 0.6 is 46.3 Å². The molecular formula is C24H24Cl2N8S2. The number of anilines is 2. The Balaban J connectivity index is 1.26. The van der Waals surface area contributed by atoms with Gasteiger partial charge in [-0.1, -0.05) is 40.6 Å². The van der Waals surface area contributed by atoms with Crippen molar-refractivity contribution in [2.24, 2.45) is 0 Å². The number of nitrogens with one attached hydrogen (secondary N) is 1. The van der Waals surface area contributed by atoms with Crippen LogP contribution in [0.2, 0.25) is 10.0 Å². The van der Waals surface area contributed by atoms with Crippen LogP contribution in [0.1, 0.15) is 11.4 Å². The number of benzene rings is 1. The fraction of sp³-hybridized carbons (Fsp3) is 0.292.